The molecule has 1 unspecified atom stereocenters. The Balaban J connectivity index is 2.23. The van der Waals surface area contributed by atoms with Gasteiger partial charge in [0.15, 0.2) is 5.54 Å². The van der Waals surface area contributed by atoms with Crippen molar-refractivity contribution in [2.45, 2.75) is 25.3 Å². The smallest absolute Gasteiger partial charge is 0.329 e. The molecule has 1 aromatic carbocycles. The second-order valence-electron chi connectivity index (χ2n) is 5.75. The van der Waals surface area contributed by atoms with Crippen molar-refractivity contribution >= 4 is 5.97 Å². The second kappa shape index (κ2) is 6.37. The van der Waals surface area contributed by atoms with Crippen LogP contribution < -0.4 is 5.32 Å². The molecule has 20 heavy (non-hydrogen) atoms. The van der Waals surface area contributed by atoms with E-state index in [1.54, 1.807) is 0 Å². The first kappa shape index (κ1) is 15.0. The van der Waals surface area contributed by atoms with E-state index < -0.39 is 11.5 Å². The first-order valence-electron chi connectivity index (χ1n) is 7.31. The summed E-state index contributed by atoms with van der Waals surface area (Å²) in [5, 5.41) is 13.0. The third-order valence-corrected chi connectivity index (χ3v) is 3.88. The molecule has 110 valence electrons. The summed E-state index contributed by atoms with van der Waals surface area (Å²) < 4.78 is 0. The van der Waals surface area contributed by atoms with Crippen molar-refractivity contribution in [2.75, 3.05) is 26.7 Å². The minimum absolute atomic E-state index is 0.483. The van der Waals surface area contributed by atoms with Crippen molar-refractivity contribution in [3.63, 3.8) is 0 Å². The lowest BCUT2D eigenvalue weighted by molar-refractivity contribution is -0.146. The third-order valence-electron chi connectivity index (χ3n) is 3.88. The predicted octanol–water partition coefficient (Wildman–Crippen LogP) is 1.92. The molecule has 1 fully saturated rings. The molecule has 0 bridgehead atoms. The van der Waals surface area contributed by atoms with Gasteiger partial charge in [0.25, 0.3) is 0 Å². The molecule has 0 amide bonds. The topological polar surface area (TPSA) is 52.6 Å². The summed E-state index contributed by atoms with van der Waals surface area (Å²) in [7, 11) is 2.01. The maximum Gasteiger partial charge on any atom is 0.329 e. The number of aliphatic carboxylic acids is 1. The molecule has 4 heteroatoms. The number of rotatable bonds is 8. The quantitative estimate of drug-likeness (QED) is 0.761. The molecule has 1 saturated carbocycles. The summed E-state index contributed by atoms with van der Waals surface area (Å²) in [6.45, 7) is 4.03. The molecule has 0 saturated heterocycles. The number of carboxylic acid groups (broad SMARTS) is 1. The fourth-order valence-corrected chi connectivity index (χ4v) is 2.75. The standard InChI is InChI=1S/C16H24N2O2/c1-3-17-16(15(19)20,14-7-5-4-6-8-14)12-18(2)11-13-9-10-13/h4-8,13,17H,3,9-12H2,1-2H3,(H,19,20). The van der Waals surface area contributed by atoms with Crippen LogP contribution in [0.15, 0.2) is 30.3 Å². The van der Waals surface area contributed by atoms with Gasteiger partial charge in [-0.1, -0.05) is 37.3 Å². The summed E-state index contributed by atoms with van der Waals surface area (Å²) in [6, 6.07) is 9.48. The summed E-state index contributed by atoms with van der Waals surface area (Å²) >= 11 is 0. The zero-order valence-electron chi connectivity index (χ0n) is 12.3. The molecule has 1 aromatic rings. The van der Waals surface area contributed by atoms with Gasteiger partial charge < -0.3 is 10.0 Å². The van der Waals surface area contributed by atoms with E-state index in [0.717, 1.165) is 18.0 Å². The highest BCUT2D eigenvalue weighted by Crippen LogP contribution is 2.31. The molecule has 1 aliphatic carbocycles. The van der Waals surface area contributed by atoms with Gasteiger partial charge in [0, 0.05) is 13.1 Å². The van der Waals surface area contributed by atoms with E-state index in [-0.39, 0.29) is 0 Å². The van der Waals surface area contributed by atoms with Crippen LogP contribution in [-0.4, -0.2) is 42.7 Å². The van der Waals surface area contributed by atoms with Gasteiger partial charge >= 0.3 is 5.97 Å². The zero-order chi connectivity index (χ0) is 14.6. The SMILES string of the molecule is CCNC(CN(C)CC1CC1)(C(=O)O)c1ccccc1. The van der Waals surface area contributed by atoms with E-state index in [4.69, 9.17) is 0 Å². The Labute approximate surface area is 120 Å². The minimum Gasteiger partial charge on any atom is -0.480 e. The third kappa shape index (κ3) is 3.38. The van der Waals surface area contributed by atoms with Crippen LogP contribution in [0.3, 0.4) is 0 Å². The van der Waals surface area contributed by atoms with Gasteiger partial charge in [-0.25, -0.2) is 4.79 Å². The van der Waals surface area contributed by atoms with Crippen molar-refractivity contribution in [2.24, 2.45) is 5.92 Å². The van der Waals surface area contributed by atoms with Gasteiger partial charge in [0.05, 0.1) is 0 Å². The number of likely N-dealkylation sites (N-methyl/N-ethyl adjacent to an activating group) is 2. The maximum absolute atomic E-state index is 12.0. The van der Waals surface area contributed by atoms with Crippen LogP contribution in [0, 0.1) is 5.92 Å². The van der Waals surface area contributed by atoms with Gasteiger partial charge in [-0.3, -0.25) is 5.32 Å². The fraction of sp³-hybridized carbons (Fsp3) is 0.562. The number of nitrogens with zero attached hydrogens (tertiary/aromatic N) is 1. The van der Waals surface area contributed by atoms with Gasteiger partial charge in [-0.2, -0.15) is 0 Å². The Hall–Kier alpha value is -1.39. The molecule has 2 N–H and O–H groups in total. The summed E-state index contributed by atoms with van der Waals surface area (Å²) in [6.07, 6.45) is 2.55. The molecule has 0 radical (unpaired) electrons. The molecular weight excluding hydrogens is 252 g/mol. The lowest BCUT2D eigenvalue weighted by Crippen LogP contribution is -2.56. The van der Waals surface area contributed by atoms with Gasteiger partial charge in [0.2, 0.25) is 0 Å². The number of nitrogens with one attached hydrogen (secondary N) is 1. The lowest BCUT2D eigenvalue weighted by atomic mass is 9.89. The molecule has 0 aliphatic heterocycles. The van der Waals surface area contributed by atoms with E-state index in [9.17, 15) is 9.90 Å². The van der Waals surface area contributed by atoms with E-state index in [1.165, 1.54) is 12.8 Å². The number of carboxylic acids is 1. The van der Waals surface area contributed by atoms with Crippen LogP contribution in [0.4, 0.5) is 0 Å². The molecule has 4 nitrogen and oxygen atoms in total. The van der Waals surface area contributed by atoms with E-state index in [0.29, 0.717) is 13.1 Å². The van der Waals surface area contributed by atoms with Crippen LogP contribution in [0.25, 0.3) is 0 Å². The zero-order valence-corrected chi connectivity index (χ0v) is 12.3. The van der Waals surface area contributed by atoms with Crippen LogP contribution in [0.2, 0.25) is 0 Å². The van der Waals surface area contributed by atoms with E-state index in [2.05, 4.69) is 10.2 Å². The van der Waals surface area contributed by atoms with Gasteiger partial charge in [0.1, 0.15) is 0 Å². The van der Waals surface area contributed by atoms with Crippen molar-refractivity contribution in [1.82, 2.24) is 10.2 Å². The van der Waals surface area contributed by atoms with Crippen LogP contribution in [0.1, 0.15) is 25.3 Å². The van der Waals surface area contributed by atoms with Gasteiger partial charge in [-0.15, -0.1) is 0 Å². The monoisotopic (exact) mass is 276 g/mol. The van der Waals surface area contributed by atoms with Crippen molar-refractivity contribution in [1.29, 1.82) is 0 Å². The number of carbonyl (C=O) groups is 1. The first-order chi connectivity index (χ1) is 9.58. The first-order valence-corrected chi connectivity index (χ1v) is 7.31. The average molecular weight is 276 g/mol. The summed E-state index contributed by atoms with van der Waals surface area (Å²) in [5.74, 6) is -0.0582. The molecule has 1 aliphatic rings. The normalized spacial score (nSPS) is 17.9. The van der Waals surface area contributed by atoms with Crippen molar-refractivity contribution in [3.05, 3.63) is 35.9 Å². The molecule has 0 aromatic heterocycles. The highest BCUT2D eigenvalue weighted by molar-refractivity contribution is 5.81. The maximum atomic E-state index is 12.0. The lowest BCUT2D eigenvalue weighted by Gasteiger charge is -2.34. The second-order valence-corrected chi connectivity index (χ2v) is 5.75. The van der Waals surface area contributed by atoms with Gasteiger partial charge in [-0.05, 0) is 37.9 Å². The van der Waals surface area contributed by atoms with E-state index >= 15 is 0 Å². The molecule has 2 rings (SSSR count). The number of hydrogen-bond acceptors (Lipinski definition) is 3. The largest absolute Gasteiger partial charge is 0.480 e. The summed E-state index contributed by atoms with van der Waals surface area (Å²) in [4.78, 5) is 14.1. The highest BCUT2D eigenvalue weighted by atomic mass is 16.4. The average Bonchev–Trinajstić information content (AvgIpc) is 3.22. The van der Waals surface area contributed by atoms with Crippen LogP contribution in [-0.2, 0) is 10.3 Å². The Kier molecular flexibility index (Phi) is 4.78. The van der Waals surface area contributed by atoms with Crippen molar-refractivity contribution in [3.8, 4) is 0 Å². The number of hydrogen-bond donors (Lipinski definition) is 2. The summed E-state index contributed by atoms with van der Waals surface area (Å²) in [5.41, 5.74) is -0.211. The molecule has 0 spiro atoms. The Morgan fingerprint density at radius 3 is 2.55 bits per heavy atom. The van der Waals surface area contributed by atoms with Crippen LogP contribution >= 0.6 is 0 Å². The Bertz CT molecular complexity index is 445. The van der Waals surface area contributed by atoms with Crippen LogP contribution in [0.5, 0.6) is 0 Å². The molecular formula is C16H24N2O2. The Morgan fingerprint density at radius 2 is 2.05 bits per heavy atom. The molecule has 0 heterocycles. The molecule has 1 atom stereocenters. The van der Waals surface area contributed by atoms with Crippen molar-refractivity contribution < 1.29 is 9.90 Å². The highest BCUT2D eigenvalue weighted by Gasteiger charge is 2.41. The fourth-order valence-electron chi connectivity index (χ4n) is 2.75. The van der Waals surface area contributed by atoms with E-state index in [1.807, 2.05) is 44.3 Å². The predicted molar refractivity (Wildman–Crippen MR) is 79.7 cm³/mol. The Morgan fingerprint density at radius 1 is 1.40 bits per heavy atom. The minimum atomic E-state index is -1.03. The number of benzene rings is 1.